The van der Waals surface area contributed by atoms with Gasteiger partial charge in [-0.05, 0) is 27.1 Å². The largest absolute Gasteiger partial charge is 0.309 e. The van der Waals surface area contributed by atoms with E-state index >= 15 is 0 Å². The summed E-state index contributed by atoms with van der Waals surface area (Å²) in [5, 5.41) is 0. The first-order valence-electron chi connectivity index (χ1n) is 3.18. The molecule has 0 aromatic carbocycles. The van der Waals surface area contributed by atoms with Gasteiger partial charge in [-0.1, -0.05) is 0 Å². The zero-order valence-electron chi connectivity index (χ0n) is 6.48. The van der Waals surface area contributed by atoms with E-state index in [9.17, 15) is 0 Å². The molecule has 0 saturated heterocycles. The van der Waals surface area contributed by atoms with Gasteiger partial charge in [0.2, 0.25) is 0 Å². The van der Waals surface area contributed by atoms with Crippen LogP contribution in [0.5, 0.6) is 0 Å². The molecule has 0 heterocycles. The SMILES string of the molecule is CONCCCN(C)C. The van der Waals surface area contributed by atoms with Crippen LogP contribution in [-0.4, -0.2) is 39.2 Å². The van der Waals surface area contributed by atoms with E-state index in [2.05, 4.69) is 29.3 Å². The molecule has 0 aliphatic carbocycles. The van der Waals surface area contributed by atoms with Gasteiger partial charge in [0.15, 0.2) is 0 Å². The third-order valence-corrected chi connectivity index (χ3v) is 1.03. The highest BCUT2D eigenvalue weighted by atomic mass is 16.6. The van der Waals surface area contributed by atoms with E-state index in [1.807, 2.05) is 0 Å². The Morgan fingerprint density at radius 2 is 2.11 bits per heavy atom. The summed E-state index contributed by atoms with van der Waals surface area (Å²) in [6.45, 7) is 2.03. The highest BCUT2D eigenvalue weighted by molar-refractivity contribution is 4.43. The summed E-state index contributed by atoms with van der Waals surface area (Å²) in [7, 11) is 5.76. The summed E-state index contributed by atoms with van der Waals surface area (Å²) in [6.07, 6.45) is 1.13. The van der Waals surface area contributed by atoms with E-state index < -0.39 is 0 Å². The second kappa shape index (κ2) is 6.01. The topological polar surface area (TPSA) is 24.5 Å². The number of rotatable bonds is 5. The number of hydrogen-bond acceptors (Lipinski definition) is 3. The van der Waals surface area contributed by atoms with E-state index in [4.69, 9.17) is 0 Å². The number of hydroxylamine groups is 1. The van der Waals surface area contributed by atoms with Crippen LogP contribution in [-0.2, 0) is 4.84 Å². The van der Waals surface area contributed by atoms with E-state index in [1.165, 1.54) is 0 Å². The van der Waals surface area contributed by atoms with Crippen LogP contribution in [0.3, 0.4) is 0 Å². The Bertz CT molecular complexity index is 57.0. The van der Waals surface area contributed by atoms with Crippen LogP contribution in [0.1, 0.15) is 6.42 Å². The fourth-order valence-corrected chi connectivity index (χ4v) is 0.570. The first kappa shape index (κ1) is 8.88. The second-order valence-corrected chi connectivity index (χ2v) is 2.26. The summed E-state index contributed by atoms with van der Waals surface area (Å²) in [5.74, 6) is 0. The minimum absolute atomic E-state index is 0.925. The summed E-state index contributed by atoms with van der Waals surface area (Å²) in [4.78, 5) is 6.81. The summed E-state index contributed by atoms with van der Waals surface area (Å²) < 4.78 is 0. The normalized spacial score (nSPS) is 10.7. The van der Waals surface area contributed by atoms with Crippen molar-refractivity contribution < 1.29 is 4.84 Å². The standard InChI is InChI=1S/C6H16N2O/c1-8(2)6-4-5-7-9-3/h7H,4-6H2,1-3H3. The first-order valence-corrected chi connectivity index (χ1v) is 3.18. The zero-order chi connectivity index (χ0) is 7.11. The molecule has 0 saturated carbocycles. The average Bonchev–Trinajstić information content (AvgIpc) is 1.80. The molecule has 0 aromatic heterocycles. The van der Waals surface area contributed by atoms with E-state index in [0.717, 1.165) is 19.5 Å². The Morgan fingerprint density at radius 1 is 1.44 bits per heavy atom. The van der Waals surface area contributed by atoms with Crippen LogP contribution in [0, 0.1) is 0 Å². The molecular weight excluding hydrogens is 116 g/mol. The van der Waals surface area contributed by atoms with Crippen molar-refractivity contribution in [1.82, 2.24) is 10.4 Å². The van der Waals surface area contributed by atoms with Crippen molar-refractivity contribution in [3.63, 3.8) is 0 Å². The third kappa shape index (κ3) is 7.88. The molecule has 0 atom stereocenters. The Labute approximate surface area is 56.9 Å². The lowest BCUT2D eigenvalue weighted by atomic mass is 10.4. The predicted octanol–water partition coefficient (Wildman–Crippen LogP) is 0.0891. The molecule has 1 N–H and O–H groups in total. The van der Waals surface area contributed by atoms with Crippen molar-refractivity contribution in [3.8, 4) is 0 Å². The second-order valence-electron chi connectivity index (χ2n) is 2.26. The molecule has 0 amide bonds. The van der Waals surface area contributed by atoms with Crippen molar-refractivity contribution in [2.24, 2.45) is 0 Å². The highest BCUT2D eigenvalue weighted by Crippen LogP contribution is 1.79. The van der Waals surface area contributed by atoms with Gasteiger partial charge in [0, 0.05) is 6.54 Å². The average molecular weight is 132 g/mol. The number of nitrogens with one attached hydrogen (secondary N) is 1. The molecule has 0 aliphatic rings. The van der Waals surface area contributed by atoms with Gasteiger partial charge in [0.1, 0.15) is 0 Å². The number of nitrogens with zero attached hydrogens (tertiary/aromatic N) is 1. The molecule has 0 rings (SSSR count). The molecule has 56 valence electrons. The molecule has 0 radical (unpaired) electrons. The fourth-order valence-electron chi connectivity index (χ4n) is 0.570. The molecule has 0 aromatic rings. The third-order valence-electron chi connectivity index (χ3n) is 1.03. The molecule has 0 fully saturated rings. The summed E-state index contributed by atoms with van der Waals surface area (Å²) in [6, 6.07) is 0. The van der Waals surface area contributed by atoms with Crippen molar-refractivity contribution in [3.05, 3.63) is 0 Å². The predicted molar refractivity (Wildman–Crippen MR) is 38.2 cm³/mol. The van der Waals surface area contributed by atoms with E-state index in [0.29, 0.717) is 0 Å². The minimum Gasteiger partial charge on any atom is -0.309 e. The van der Waals surface area contributed by atoms with Gasteiger partial charge in [-0.3, -0.25) is 0 Å². The quantitative estimate of drug-likeness (QED) is 0.424. The van der Waals surface area contributed by atoms with Gasteiger partial charge in [0.05, 0.1) is 7.11 Å². The lowest BCUT2D eigenvalue weighted by molar-refractivity contribution is 0.0894. The van der Waals surface area contributed by atoms with Gasteiger partial charge >= 0.3 is 0 Å². The van der Waals surface area contributed by atoms with Crippen LogP contribution in [0.25, 0.3) is 0 Å². The smallest absolute Gasteiger partial charge is 0.0572 e. The number of hydrogen-bond donors (Lipinski definition) is 1. The lowest BCUT2D eigenvalue weighted by Gasteiger charge is -2.08. The maximum atomic E-state index is 4.66. The Balaban J connectivity index is 2.75. The fraction of sp³-hybridized carbons (Fsp3) is 1.00. The monoisotopic (exact) mass is 132 g/mol. The van der Waals surface area contributed by atoms with Crippen molar-refractivity contribution in [1.29, 1.82) is 0 Å². The zero-order valence-corrected chi connectivity index (χ0v) is 6.48. The first-order chi connectivity index (χ1) is 4.27. The molecular formula is C6H16N2O. The van der Waals surface area contributed by atoms with Crippen molar-refractivity contribution in [2.45, 2.75) is 6.42 Å². The Hall–Kier alpha value is -0.120. The van der Waals surface area contributed by atoms with Gasteiger partial charge in [-0.2, -0.15) is 0 Å². The van der Waals surface area contributed by atoms with Crippen LogP contribution >= 0.6 is 0 Å². The van der Waals surface area contributed by atoms with E-state index in [1.54, 1.807) is 7.11 Å². The summed E-state index contributed by atoms with van der Waals surface area (Å²) >= 11 is 0. The molecule has 3 heteroatoms. The van der Waals surface area contributed by atoms with Crippen LogP contribution in [0.4, 0.5) is 0 Å². The molecule has 9 heavy (non-hydrogen) atoms. The van der Waals surface area contributed by atoms with Crippen LogP contribution in [0.15, 0.2) is 0 Å². The molecule has 0 aliphatic heterocycles. The molecule has 0 unspecified atom stereocenters. The molecule has 3 nitrogen and oxygen atoms in total. The summed E-state index contributed by atoms with van der Waals surface area (Å²) in [5.41, 5.74) is 2.78. The highest BCUT2D eigenvalue weighted by Gasteiger charge is 1.87. The van der Waals surface area contributed by atoms with Gasteiger partial charge in [0.25, 0.3) is 0 Å². The lowest BCUT2D eigenvalue weighted by Crippen LogP contribution is -2.20. The van der Waals surface area contributed by atoms with Crippen molar-refractivity contribution >= 4 is 0 Å². The van der Waals surface area contributed by atoms with Crippen molar-refractivity contribution in [2.75, 3.05) is 34.3 Å². The van der Waals surface area contributed by atoms with Crippen LogP contribution < -0.4 is 5.48 Å². The molecule has 0 spiro atoms. The van der Waals surface area contributed by atoms with Gasteiger partial charge < -0.3 is 9.74 Å². The maximum Gasteiger partial charge on any atom is 0.0572 e. The minimum atomic E-state index is 0.925. The molecule has 0 bridgehead atoms. The van der Waals surface area contributed by atoms with Gasteiger partial charge in [-0.25, -0.2) is 5.48 Å². The Kier molecular flexibility index (Phi) is 5.93. The Morgan fingerprint density at radius 3 is 2.56 bits per heavy atom. The van der Waals surface area contributed by atoms with Crippen LogP contribution in [0.2, 0.25) is 0 Å². The van der Waals surface area contributed by atoms with Gasteiger partial charge in [-0.15, -0.1) is 0 Å². The maximum absolute atomic E-state index is 4.66. The van der Waals surface area contributed by atoms with E-state index in [-0.39, 0.29) is 0 Å².